The second kappa shape index (κ2) is 3.74. The second-order valence-corrected chi connectivity index (χ2v) is 3.56. The molecule has 0 unspecified atom stereocenters. The van der Waals surface area contributed by atoms with Gasteiger partial charge in [-0.3, -0.25) is 4.79 Å². The van der Waals surface area contributed by atoms with Crippen LogP contribution < -0.4 is 5.32 Å². The quantitative estimate of drug-likeness (QED) is 0.671. The van der Waals surface area contributed by atoms with E-state index in [0.717, 1.165) is 18.5 Å². The van der Waals surface area contributed by atoms with Gasteiger partial charge in [0.25, 0.3) is 0 Å². The van der Waals surface area contributed by atoms with Crippen molar-refractivity contribution in [3.05, 3.63) is 11.3 Å². The van der Waals surface area contributed by atoms with E-state index in [1.54, 1.807) is 0 Å². The van der Waals surface area contributed by atoms with Gasteiger partial charge in [0, 0.05) is 12.1 Å². The molecule has 12 heavy (non-hydrogen) atoms. The van der Waals surface area contributed by atoms with Gasteiger partial charge in [0.05, 0.1) is 0 Å². The van der Waals surface area contributed by atoms with Gasteiger partial charge in [-0.05, 0) is 24.3 Å². The fourth-order valence-corrected chi connectivity index (χ4v) is 1.66. The van der Waals surface area contributed by atoms with Crippen molar-refractivity contribution >= 4 is 5.91 Å². The van der Waals surface area contributed by atoms with Crippen LogP contribution in [0.15, 0.2) is 11.3 Å². The lowest BCUT2D eigenvalue weighted by atomic mass is 9.92. The van der Waals surface area contributed by atoms with Crippen molar-refractivity contribution in [2.24, 2.45) is 5.92 Å². The summed E-state index contributed by atoms with van der Waals surface area (Å²) in [6.45, 7) is 6.45. The van der Waals surface area contributed by atoms with E-state index < -0.39 is 0 Å². The summed E-state index contributed by atoms with van der Waals surface area (Å²) in [5.41, 5.74) is 2.58. The molecule has 0 radical (unpaired) electrons. The number of carbonyl (C=O) groups is 1. The van der Waals surface area contributed by atoms with E-state index in [-0.39, 0.29) is 5.91 Å². The van der Waals surface area contributed by atoms with Gasteiger partial charge in [0.1, 0.15) is 0 Å². The Morgan fingerprint density at radius 2 is 2.08 bits per heavy atom. The average Bonchev–Trinajstić information content (AvgIpc) is 2.03. The molecule has 1 amide bonds. The first-order chi connectivity index (χ1) is 5.65. The van der Waals surface area contributed by atoms with E-state index in [0.29, 0.717) is 12.3 Å². The van der Waals surface area contributed by atoms with Crippen LogP contribution in [0, 0.1) is 5.92 Å². The van der Waals surface area contributed by atoms with Crippen LogP contribution in [0.5, 0.6) is 0 Å². The molecule has 2 heteroatoms. The van der Waals surface area contributed by atoms with E-state index in [1.807, 2.05) is 0 Å². The molecular weight excluding hydrogens is 150 g/mol. The van der Waals surface area contributed by atoms with Crippen molar-refractivity contribution in [2.75, 3.05) is 0 Å². The standard InChI is InChI=1S/C10H17NO/c1-4-9-8(7(2)3)5-6-10(12)11-9/h7H,4-6H2,1-3H3,(H,11,12). The highest BCUT2D eigenvalue weighted by Gasteiger charge is 2.17. The Bertz CT molecular complexity index is 216. The highest BCUT2D eigenvalue weighted by molar-refractivity contribution is 5.79. The van der Waals surface area contributed by atoms with Gasteiger partial charge in [-0.1, -0.05) is 20.8 Å². The van der Waals surface area contributed by atoms with Crippen LogP contribution in [0.1, 0.15) is 40.0 Å². The van der Waals surface area contributed by atoms with Gasteiger partial charge >= 0.3 is 0 Å². The Morgan fingerprint density at radius 1 is 1.42 bits per heavy atom. The number of carbonyl (C=O) groups excluding carboxylic acids is 1. The number of hydrogen-bond acceptors (Lipinski definition) is 1. The summed E-state index contributed by atoms with van der Waals surface area (Å²) in [5, 5.41) is 2.94. The fraction of sp³-hybridized carbons (Fsp3) is 0.700. The zero-order valence-corrected chi connectivity index (χ0v) is 8.11. The molecule has 2 nitrogen and oxygen atoms in total. The lowest BCUT2D eigenvalue weighted by molar-refractivity contribution is -0.120. The molecule has 1 aliphatic heterocycles. The number of amides is 1. The van der Waals surface area contributed by atoms with Crippen molar-refractivity contribution in [2.45, 2.75) is 40.0 Å². The highest BCUT2D eigenvalue weighted by Crippen LogP contribution is 2.24. The Hall–Kier alpha value is -0.790. The zero-order valence-electron chi connectivity index (χ0n) is 8.11. The number of hydrogen-bond donors (Lipinski definition) is 1. The zero-order chi connectivity index (χ0) is 9.14. The van der Waals surface area contributed by atoms with Crippen LogP contribution in [-0.2, 0) is 4.79 Å². The van der Waals surface area contributed by atoms with Gasteiger partial charge in [0.2, 0.25) is 5.91 Å². The summed E-state index contributed by atoms with van der Waals surface area (Å²) < 4.78 is 0. The maximum atomic E-state index is 11.1. The van der Waals surface area contributed by atoms with Gasteiger partial charge in [0.15, 0.2) is 0 Å². The minimum absolute atomic E-state index is 0.177. The first kappa shape index (κ1) is 9.30. The molecule has 0 spiro atoms. The summed E-state index contributed by atoms with van der Waals surface area (Å²) in [5.74, 6) is 0.747. The topological polar surface area (TPSA) is 29.1 Å². The Balaban J connectivity index is 2.83. The average molecular weight is 167 g/mol. The van der Waals surface area contributed by atoms with Crippen molar-refractivity contribution in [1.82, 2.24) is 5.32 Å². The summed E-state index contributed by atoms with van der Waals surface area (Å²) in [7, 11) is 0. The maximum absolute atomic E-state index is 11.1. The van der Waals surface area contributed by atoms with Gasteiger partial charge in [-0.2, -0.15) is 0 Å². The van der Waals surface area contributed by atoms with Crippen molar-refractivity contribution < 1.29 is 4.79 Å². The molecule has 0 aromatic rings. The lowest BCUT2D eigenvalue weighted by Gasteiger charge is -2.22. The van der Waals surface area contributed by atoms with E-state index >= 15 is 0 Å². The maximum Gasteiger partial charge on any atom is 0.224 e. The third kappa shape index (κ3) is 1.87. The largest absolute Gasteiger partial charge is 0.330 e. The van der Waals surface area contributed by atoms with E-state index in [9.17, 15) is 4.79 Å². The Labute approximate surface area is 74.0 Å². The third-order valence-electron chi connectivity index (χ3n) is 2.35. The van der Waals surface area contributed by atoms with Gasteiger partial charge in [-0.15, -0.1) is 0 Å². The van der Waals surface area contributed by atoms with Crippen molar-refractivity contribution in [3.63, 3.8) is 0 Å². The number of rotatable bonds is 2. The molecule has 1 N–H and O–H groups in total. The molecule has 0 bridgehead atoms. The molecule has 0 aromatic heterocycles. The molecule has 0 fully saturated rings. The first-order valence-electron chi connectivity index (χ1n) is 4.67. The normalized spacial score (nSPS) is 18.5. The molecule has 1 heterocycles. The van der Waals surface area contributed by atoms with Crippen LogP contribution in [-0.4, -0.2) is 5.91 Å². The summed E-state index contributed by atoms with van der Waals surface area (Å²) in [4.78, 5) is 11.1. The predicted octanol–water partition coefficient (Wildman–Crippen LogP) is 2.22. The summed E-state index contributed by atoms with van der Waals surface area (Å²) in [6.07, 6.45) is 2.56. The Morgan fingerprint density at radius 3 is 2.58 bits per heavy atom. The SMILES string of the molecule is CCC1=C(C(C)C)CCC(=O)N1. The summed E-state index contributed by atoms with van der Waals surface area (Å²) >= 11 is 0. The lowest BCUT2D eigenvalue weighted by Crippen LogP contribution is -2.29. The predicted molar refractivity (Wildman–Crippen MR) is 49.5 cm³/mol. The fourth-order valence-electron chi connectivity index (χ4n) is 1.66. The molecule has 68 valence electrons. The molecule has 0 atom stereocenters. The van der Waals surface area contributed by atoms with Crippen molar-refractivity contribution in [3.8, 4) is 0 Å². The molecule has 0 aromatic carbocycles. The second-order valence-electron chi connectivity index (χ2n) is 3.56. The smallest absolute Gasteiger partial charge is 0.224 e. The molecular formula is C10H17NO. The minimum Gasteiger partial charge on any atom is -0.330 e. The number of nitrogens with one attached hydrogen (secondary N) is 1. The Kier molecular flexibility index (Phi) is 2.90. The molecule has 0 saturated carbocycles. The first-order valence-corrected chi connectivity index (χ1v) is 4.67. The van der Waals surface area contributed by atoms with Crippen LogP contribution in [0.4, 0.5) is 0 Å². The van der Waals surface area contributed by atoms with Crippen LogP contribution in [0.2, 0.25) is 0 Å². The van der Waals surface area contributed by atoms with Gasteiger partial charge in [-0.25, -0.2) is 0 Å². The highest BCUT2D eigenvalue weighted by atomic mass is 16.1. The van der Waals surface area contributed by atoms with Crippen molar-refractivity contribution in [1.29, 1.82) is 0 Å². The number of allylic oxidation sites excluding steroid dienone is 2. The van der Waals surface area contributed by atoms with E-state index in [2.05, 4.69) is 26.1 Å². The van der Waals surface area contributed by atoms with Crippen LogP contribution >= 0.6 is 0 Å². The van der Waals surface area contributed by atoms with Gasteiger partial charge < -0.3 is 5.32 Å². The van der Waals surface area contributed by atoms with Crippen LogP contribution in [0.3, 0.4) is 0 Å². The van der Waals surface area contributed by atoms with Crippen LogP contribution in [0.25, 0.3) is 0 Å². The third-order valence-corrected chi connectivity index (χ3v) is 2.35. The molecule has 0 aliphatic carbocycles. The molecule has 0 saturated heterocycles. The minimum atomic E-state index is 0.177. The van der Waals surface area contributed by atoms with E-state index in [4.69, 9.17) is 0 Å². The monoisotopic (exact) mass is 167 g/mol. The molecule has 1 aliphatic rings. The summed E-state index contributed by atoms with van der Waals surface area (Å²) in [6, 6.07) is 0. The van der Waals surface area contributed by atoms with E-state index in [1.165, 1.54) is 5.57 Å². The molecule has 1 rings (SSSR count).